The fourth-order valence-electron chi connectivity index (χ4n) is 3.33. The molecule has 110 valence electrons. The van der Waals surface area contributed by atoms with E-state index in [-0.39, 0.29) is 0 Å². The van der Waals surface area contributed by atoms with Crippen molar-refractivity contribution in [3.8, 4) is 0 Å². The van der Waals surface area contributed by atoms with Gasteiger partial charge in [-0.25, -0.2) is 4.67 Å². The molecule has 2 heterocycles. The predicted octanol–water partition coefficient (Wildman–Crippen LogP) is 3.96. The lowest BCUT2D eigenvalue weighted by atomic mass is 10.2. The lowest BCUT2D eigenvalue weighted by molar-refractivity contribution is 0.299. The van der Waals surface area contributed by atoms with Gasteiger partial charge in [0.15, 0.2) is 0 Å². The molecule has 2 saturated heterocycles. The van der Waals surface area contributed by atoms with E-state index in [1.165, 1.54) is 25.1 Å². The second-order valence-corrected chi connectivity index (χ2v) is 7.62. The molecule has 0 aromatic heterocycles. The molecule has 21 heavy (non-hydrogen) atoms. The molecule has 0 spiro atoms. The average Bonchev–Trinajstić information content (AvgIpc) is 3.23. The number of nitrogens with zero attached hydrogens (tertiary/aromatic N) is 2. The van der Waals surface area contributed by atoms with Crippen molar-refractivity contribution in [3.63, 3.8) is 0 Å². The largest absolute Gasteiger partial charge is 0.326 e. The maximum absolute atomic E-state index is 6.38. The van der Waals surface area contributed by atoms with E-state index in [4.69, 9.17) is 4.52 Å². The average molecular weight is 300 g/mol. The van der Waals surface area contributed by atoms with Gasteiger partial charge in [-0.15, -0.1) is 0 Å². The summed E-state index contributed by atoms with van der Waals surface area (Å²) >= 11 is 0. The van der Waals surface area contributed by atoms with Gasteiger partial charge in [0.05, 0.1) is 6.61 Å². The van der Waals surface area contributed by atoms with Crippen molar-refractivity contribution in [2.75, 3.05) is 24.4 Å². The number of anilines is 1. The molecule has 1 aromatic rings. The second kappa shape index (κ2) is 5.92. The number of hydrogen-bond acceptors (Lipinski definition) is 3. The van der Waals surface area contributed by atoms with Crippen LogP contribution in [0, 0.1) is 5.92 Å². The Morgan fingerprint density at radius 3 is 2.76 bits per heavy atom. The lowest BCUT2D eigenvalue weighted by Gasteiger charge is -2.29. The van der Waals surface area contributed by atoms with Crippen molar-refractivity contribution < 1.29 is 4.52 Å². The number of fused-ring (bicyclic) bond motifs is 1. The van der Waals surface area contributed by atoms with E-state index in [0.717, 1.165) is 13.2 Å². The van der Waals surface area contributed by atoms with Gasteiger partial charge in [0.1, 0.15) is 0 Å². The molecular weight excluding hydrogens is 279 g/mol. The van der Waals surface area contributed by atoms with Crippen LogP contribution in [0.3, 0.4) is 0 Å². The lowest BCUT2D eigenvalue weighted by Crippen LogP contribution is -2.20. The van der Waals surface area contributed by atoms with Crippen LogP contribution in [-0.2, 0) is 4.52 Å². The molecule has 0 radical (unpaired) electrons. The Morgan fingerprint density at radius 1 is 1.14 bits per heavy atom. The van der Waals surface area contributed by atoms with E-state index >= 15 is 0 Å². The van der Waals surface area contributed by atoms with E-state index < -0.39 is 8.45 Å². The Kier molecular flexibility index (Phi) is 3.81. The summed E-state index contributed by atoms with van der Waals surface area (Å²) in [5, 5.41) is 0. The Labute approximate surface area is 127 Å². The molecule has 1 aromatic carbocycles. The zero-order valence-corrected chi connectivity index (χ0v) is 13.0. The van der Waals surface area contributed by atoms with Gasteiger partial charge in [-0.3, -0.25) is 0 Å². The molecule has 0 bridgehead atoms. The first-order chi connectivity index (χ1) is 10.4. The quantitative estimate of drug-likeness (QED) is 0.783. The summed E-state index contributed by atoms with van der Waals surface area (Å²) in [4.78, 5) is 0. The first kappa shape index (κ1) is 13.5. The molecule has 1 unspecified atom stereocenters. The van der Waals surface area contributed by atoms with Crippen LogP contribution in [0.25, 0.3) is 0 Å². The SMILES string of the molecule is C1=CC(COP2N(c3ccccc3)C[C@@H]3CCCN32)C=C1. The third kappa shape index (κ3) is 2.66. The molecule has 3 nitrogen and oxygen atoms in total. The Balaban J connectivity index is 1.51. The monoisotopic (exact) mass is 300 g/mol. The van der Waals surface area contributed by atoms with Gasteiger partial charge in [-0.1, -0.05) is 42.5 Å². The molecule has 0 N–H and O–H groups in total. The fourth-order valence-corrected chi connectivity index (χ4v) is 5.64. The summed E-state index contributed by atoms with van der Waals surface area (Å²) in [6, 6.07) is 11.4. The minimum Gasteiger partial charge on any atom is -0.326 e. The predicted molar refractivity (Wildman–Crippen MR) is 88.2 cm³/mol. The number of para-hydroxylation sites is 1. The minimum atomic E-state index is -0.642. The highest BCUT2D eigenvalue weighted by Crippen LogP contribution is 2.57. The summed E-state index contributed by atoms with van der Waals surface area (Å²) < 4.78 is 11.5. The summed E-state index contributed by atoms with van der Waals surface area (Å²) in [6.45, 7) is 3.10. The third-order valence-electron chi connectivity index (χ3n) is 4.42. The molecule has 0 amide bonds. The smallest absolute Gasteiger partial charge is 0.218 e. The van der Waals surface area contributed by atoms with E-state index in [9.17, 15) is 0 Å². The van der Waals surface area contributed by atoms with Crippen LogP contribution in [0.2, 0.25) is 0 Å². The molecule has 1 aliphatic carbocycles. The molecule has 4 heteroatoms. The normalized spacial score (nSPS) is 28.7. The van der Waals surface area contributed by atoms with Gasteiger partial charge >= 0.3 is 0 Å². The van der Waals surface area contributed by atoms with Gasteiger partial charge in [0.2, 0.25) is 8.45 Å². The van der Waals surface area contributed by atoms with Crippen LogP contribution in [0.5, 0.6) is 0 Å². The highest BCUT2D eigenvalue weighted by molar-refractivity contribution is 7.52. The highest BCUT2D eigenvalue weighted by atomic mass is 31.2. The topological polar surface area (TPSA) is 15.7 Å². The van der Waals surface area contributed by atoms with Crippen molar-refractivity contribution in [1.82, 2.24) is 4.67 Å². The van der Waals surface area contributed by atoms with Crippen LogP contribution in [-0.4, -0.2) is 30.4 Å². The van der Waals surface area contributed by atoms with Crippen LogP contribution < -0.4 is 4.67 Å². The zero-order valence-electron chi connectivity index (χ0n) is 12.1. The number of rotatable bonds is 4. The Bertz CT molecular complexity index is 533. The van der Waals surface area contributed by atoms with E-state index in [1.807, 2.05) is 0 Å². The molecule has 0 saturated carbocycles. The molecule has 2 fully saturated rings. The van der Waals surface area contributed by atoms with Crippen LogP contribution >= 0.6 is 8.45 Å². The van der Waals surface area contributed by atoms with Gasteiger partial charge in [-0.05, 0) is 25.0 Å². The fraction of sp³-hybridized carbons (Fsp3) is 0.412. The summed E-state index contributed by atoms with van der Waals surface area (Å²) in [7, 11) is -0.642. The van der Waals surface area contributed by atoms with Gasteiger partial charge in [0.25, 0.3) is 0 Å². The summed E-state index contributed by atoms with van der Waals surface area (Å²) in [5.41, 5.74) is 1.30. The maximum Gasteiger partial charge on any atom is 0.218 e. The highest BCUT2D eigenvalue weighted by Gasteiger charge is 2.44. The summed E-state index contributed by atoms with van der Waals surface area (Å²) in [5.74, 6) is 0.451. The molecule has 3 aliphatic rings. The van der Waals surface area contributed by atoms with E-state index in [0.29, 0.717) is 12.0 Å². The van der Waals surface area contributed by atoms with Crippen molar-refractivity contribution in [2.24, 2.45) is 5.92 Å². The molecule has 2 aliphatic heterocycles. The second-order valence-electron chi connectivity index (χ2n) is 5.86. The molecule has 2 atom stereocenters. The van der Waals surface area contributed by atoms with Crippen LogP contribution in [0.1, 0.15) is 12.8 Å². The Hall–Kier alpha value is -1.15. The first-order valence-corrected chi connectivity index (χ1v) is 8.95. The molecule has 4 rings (SSSR count). The van der Waals surface area contributed by atoms with Gasteiger partial charge < -0.3 is 9.19 Å². The van der Waals surface area contributed by atoms with Crippen LogP contribution in [0.4, 0.5) is 5.69 Å². The van der Waals surface area contributed by atoms with Crippen molar-refractivity contribution >= 4 is 14.1 Å². The first-order valence-electron chi connectivity index (χ1n) is 7.79. The minimum absolute atomic E-state index is 0.451. The van der Waals surface area contributed by atoms with Gasteiger partial charge in [0, 0.05) is 30.7 Å². The third-order valence-corrected chi connectivity index (χ3v) is 6.57. The van der Waals surface area contributed by atoms with Crippen molar-refractivity contribution in [3.05, 3.63) is 54.6 Å². The van der Waals surface area contributed by atoms with Gasteiger partial charge in [-0.2, -0.15) is 0 Å². The van der Waals surface area contributed by atoms with Crippen molar-refractivity contribution in [1.29, 1.82) is 0 Å². The van der Waals surface area contributed by atoms with E-state index in [2.05, 4.69) is 64.0 Å². The number of benzene rings is 1. The van der Waals surface area contributed by atoms with Crippen molar-refractivity contribution in [2.45, 2.75) is 18.9 Å². The number of allylic oxidation sites excluding steroid dienone is 2. The Morgan fingerprint density at radius 2 is 1.95 bits per heavy atom. The van der Waals surface area contributed by atoms with E-state index in [1.54, 1.807) is 0 Å². The van der Waals surface area contributed by atoms with Crippen LogP contribution in [0.15, 0.2) is 54.6 Å². The number of hydrogen-bond donors (Lipinski definition) is 0. The standard InChI is InChI=1S/C17H21N2OP/c1-2-9-16(10-3-1)19-13-17-11-6-12-18(17)21(19)20-14-15-7-4-5-8-15/h1-5,7-10,15,17H,6,11-14H2/t17-,21?/m0/s1. The zero-order chi connectivity index (χ0) is 14.1. The maximum atomic E-state index is 6.38. The molecular formula is C17H21N2OP. The summed E-state index contributed by atoms with van der Waals surface area (Å²) in [6.07, 6.45) is 11.3.